The molecule has 29 heavy (non-hydrogen) atoms. The van der Waals surface area contributed by atoms with Crippen molar-refractivity contribution in [1.82, 2.24) is 15.0 Å². The third kappa shape index (κ3) is 6.72. The van der Waals surface area contributed by atoms with Crippen molar-refractivity contribution >= 4 is 17.8 Å². The van der Waals surface area contributed by atoms with Crippen LogP contribution in [0.15, 0.2) is 49.1 Å². The molecule has 1 amide bonds. The number of nitrogens with one attached hydrogen (secondary N) is 1. The highest BCUT2D eigenvalue weighted by Gasteiger charge is 2.29. The molecule has 9 nitrogen and oxygen atoms in total. The number of aliphatic carboxylic acids is 1. The summed E-state index contributed by atoms with van der Waals surface area (Å²) in [5.74, 6) is -2.11. The average Bonchev–Trinajstić information content (AvgIpc) is 3.24. The summed E-state index contributed by atoms with van der Waals surface area (Å²) < 4.78 is 6.44. The highest BCUT2D eigenvalue weighted by atomic mass is 16.5. The molecule has 0 spiro atoms. The van der Waals surface area contributed by atoms with Crippen molar-refractivity contribution in [3.05, 3.63) is 54.6 Å². The molecule has 1 heterocycles. The first-order chi connectivity index (χ1) is 13.9. The van der Waals surface area contributed by atoms with Crippen LogP contribution in [0.2, 0.25) is 0 Å². The van der Waals surface area contributed by atoms with Crippen LogP contribution in [0.3, 0.4) is 0 Å². The molecule has 1 aromatic carbocycles. The monoisotopic (exact) mass is 402 g/mol. The van der Waals surface area contributed by atoms with Crippen molar-refractivity contribution in [3.63, 3.8) is 0 Å². The van der Waals surface area contributed by atoms with Crippen LogP contribution < -0.4 is 10.3 Å². The zero-order chi connectivity index (χ0) is 21.2. The zero-order valence-corrected chi connectivity index (χ0v) is 16.5. The number of carbonyl (C=O) groups excluding carboxylic acids is 2. The van der Waals surface area contributed by atoms with E-state index in [1.807, 2.05) is 30.3 Å². The Balaban J connectivity index is 2.09. The van der Waals surface area contributed by atoms with E-state index in [1.165, 1.54) is 23.4 Å². The van der Waals surface area contributed by atoms with E-state index in [-0.39, 0.29) is 6.61 Å². The molecule has 0 aliphatic heterocycles. The van der Waals surface area contributed by atoms with Crippen LogP contribution in [0, 0.1) is 0 Å². The van der Waals surface area contributed by atoms with Gasteiger partial charge in [-0.3, -0.25) is 19.7 Å². The van der Waals surface area contributed by atoms with E-state index in [2.05, 4.69) is 10.3 Å². The average molecular weight is 402 g/mol. The summed E-state index contributed by atoms with van der Waals surface area (Å²) in [6, 6.07) is 8.16. The maximum absolute atomic E-state index is 12.9. The van der Waals surface area contributed by atoms with E-state index in [4.69, 9.17) is 9.84 Å². The normalized spacial score (nSPS) is 12.8. The second-order valence-corrected chi connectivity index (χ2v) is 6.45. The number of amides is 1. The van der Waals surface area contributed by atoms with Gasteiger partial charge in [-0.1, -0.05) is 30.3 Å². The maximum Gasteiger partial charge on any atom is 0.325 e. The number of hydrogen-bond donors (Lipinski definition) is 2. The SMILES string of the molecule is CCOC(=O)[C@H](CCc1ccccc1)N[C@@H](C)C(=O)N(CC(=O)O)n1ccnc1. The van der Waals surface area contributed by atoms with Crippen molar-refractivity contribution in [1.29, 1.82) is 0 Å². The first-order valence-corrected chi connectivity index (χ1v) is 9.40. The molecule has 0 radical (unpaired) electrons. The minimum atomic E-state index is -1.16. The van der Waals surface area contributed by atoms with Gasteiger partial charge in [-0.2, -0.15) is 0 Å². The molecule has 0 saturated heterocycles. The second kappa shape index (κ2) is 11.0. The number of imidazole rings is 1. The minimum Gasteiger partial charge on any atom is -0.480 e. The van der Waals surface area contributed by atoms with Gasteiger partial charge < -0.3 is 9.84 Å². The van der Waals surface area contributed by atoms with Gasteiger partial charge in [-0.05, 0) is 32.3 Å². The van der Waals surface area contributed by atoms with Crippen LogP contribution in [0.25, 0.3) is 0 Å². The van der Waals surface area contributed by atoms with Crippen LogP contribution in [0.4, 0.5) is 0 Å². The lowest BCUT2D eigenvalue weighted by Crippen LogP contribution is -2.55. The van der Waals surface area contributed by atoms with Gasteiger partial charge in [0.05, 0.1) is 12.6 Å². The Morgan fingerprint density at radius 3 is 2.59 bits per heavy atom. The number of carboxylic acid groups (broad SMARTS) is 1. The number of nitrogens with zero attached hydrogens (tertiary/aromatic N) is 3. The molecule has 1 aromatic heterocycles. The van der Waals surface area contributed by atoms with Crippen molar-refractivity contribution in [2.75, 3.05) is 18.2 Å². The number of esters is 1. The highest BCUT2D eigenvalue weighted by Crippen LogP contribution is 2.08. The molecule has 0 aliphatic rings. The van der Waals surface area contributed by atoms with E-state index < -0.39 is 36.5 Å². The van der Waals surface area contributed by atoms with Crippen molar-refractivity contribution in [2.45, 2.75) is 38.8 Å². The standard InChI is InChI=1S/C20H26N4O5/c1-3-29-20(28)17(10-9-16-7-5-4-6-8-16)22-15(2)19(27)24(13-18(25)26)23-12-11-21-14-23/h4-8,11-12,14-15,17,22H,3,9-10,13H2,1-2H3,(H,25,26)/t15-,17-/m0/s1. The lowest BCUT2D eigenvalue weighted by molar-refractivity contribution is -0.146. The van der Waals surface area contributed by atoms with Crippen LogP contribution >= 0.6 is 0 Å². The Bertz CT molecular complexity index is 794. The van der Waals surface area contributed by atoms with Gasteiger partial charge in [0.2, 0.25) is 0 Å². The number of carbonyl (C=O) groups is 3. The minimum absolute atomic E-state index is 0.227. The van der Waals surface area contributed by atoms with Gasteiger partial charge >= 0.3 is 11.9 Å². The first kappa shape index (κ1) is 22.1. The molecule has 2 atom stereocenters. The Hall–Kier alpha value is -3.20. The molecule has 0 bridgehead atoms. The number of ether oxygens (including phenoxy) is 1. The van der Waals surface area contributed by atoms with Gasteiger partial charge in [0.1, 0.15) is 18.9 Å². The van der Waals surface area contributed by atoms with Crippen LogP contribution in [-0.4, -0.2) is 57.8 Å². The second-order valence-electron chi connectivity index (χ2n) is 6.45. The molecular weight excluding hydrogens is 376 g/mol. The number of hydrogen-bond acceptors (Lipinski definition) is 6. The van der Waals surface area contributed by atoms with Gasteiger partial charge in [0, 0.05) is 12.4 Å². The number of carboxylic acids is 1. The summed E-state index contributed by atoms with van der Waals surface area (Å²) in [5.41, 5.74) is 1.06. The fourth-order valence-corrected chi connectivity index (χ4v) is 2.86. The van der Waals surface area contributed by atoms with Gasteiger partial charge in [0.25, 0.3) is 5.91 Å². The Morgan fingerprint density at radius 2 is 2.00 bits per heavy atom. The lowest BCUT2D eigenvalue weighted by Gasteiger charge is -2.27. The molecule has 156 valence electrons. The van der Waals surface area contributed by atoms with Crippen molar-refractivity contribution in [3.8, 4) is 0 Å². The summed E-state index contributed by atoms with van der Waals surface area (Å²) in [6.07, 6.45) is 5.32. The molecule has 0 unspecified atom stereocenters. The fraction of sp³-hybridized carbons (Fsp3) is 0.400. The van der Waals surface area contributed by atoms with Crippen LogP contribution in [-0.2, 0) is 25.5 Å². The molecule has 0 aliphatic carbocycles. The number of aromatic nitrogens is 2. The summed E-state index contributed by atoms with van der Waals surface area (Å²) in [7, 11) is 0. The van der Waals surface area contributed by atoms with Gasteiger partial charge in [0.15, 0.2) is 0 Å². The predicted octanol–water partition coefficient (Wildman–Crippen LogP) is 0.975. The smallest absolute Gasteiger partial charge is 0.325 e. The van der Waals surface area contributed by atoms with Crippen LogP contribution in [0.1, 0.15) is 25.8 Å². The molecule has 2 aromatic rings. The molecule has 9 heteroatoms. The number of rotatable bonds is 11. The molecule has 2 rings (SSSR count). The molecule has 0 fully saturated rings. The number of aryl methyl sites for hydroxylation is 1. The van der Waals surface area contributed by atoms with Crippen molar-refractivity contribution < 1.29 is 24.2 Å². The van der Waals surface area contributed by atoms with Gasteiger partial charge in [-0.25, -0.2) is 14.7 Å². The maximum atomic E-state index is 12.9. The summed E-state index contributed by atoms with van der Waals surface area (Å²) in [6.45, 7) is 3.00. The summed E-state index contributed by atoms with van der Waals surface area (Å²) >= 11 is 0. The Morgan fingerprint density at radius 1 is 1.28 bits per heavy atom. The molecule has 0 saturated carbocycles. The number of benzene rings is 1. The Kier molecular flexibility index (Phi) is 8.35. The van der Waals surface area contributed by atoms with E-state index in [0.29, 0.717) is 12.8 Å². The fourth-order valence-electron chi connectivity index (χ4n) is 2.86. The van der Waals surface area contributed by atoms with Gasteiger partial charge in [-0.15, -0.1) is 0 Å². The van der Waals surface area contributed by atoms with E-state index in [0.717, 1.165) is 10.6 Å². The summed E-state index contributed by atoms with van der Waals surface area (Å²) in [5, 5.41) is 13.2. The van der Waals surface area contributed by atoms with Crippen molar-refractivity contribution in [2.24, 2.45) is 0 Å². The topological polar surface area (TPSA) is 114 Å². The van der Waals surface area contributed by atoms with E-state index in [1.54, 1.807) is 13.8 Å². The predicted molar refractivity (Wildman–Crippen MR) is 106 cm³/mol. The van der Waals surface area contributed by atoms with E-state index >= 15 is 0 Å². The quantitative estimate of drug-likeness (QED) is 0.539. The first-order valence-electron chi connectivity index (χ1n) is 9.40. The molecule has 2 N–H and O–H groups in total. The largest absolute Gasteiger partial charge is 0.480 e. The van der Waals surface area contributed by atoms with Crippen LogP contribution in [0.5, 0.6) is 0 Å². The summed E-state index contributed by atoms with van der Waals surface area (Å²) in [4.78, 5) is 40.3. The zero-order valence-electron chi connectivity index (χ0n) is 16.5. The third-order valence-corrected chi connectivity index (χ3v) is 4.27. The highest BCUT2D eigenvalue weighted by molar-refractivity contribution is 5.94. The van der Waals surface area contributed by atoms with E-state index in [9.17, 15) is 14.4 Å². The molecular formula is C20H26N4O5. The third-order valence-electron chi connectivity index (χ3n) is 4.27. The lowest BCUT2D eigenvalue weighted by atomic mass is 10.0. The Labute approximate surface area is 169 Å².